The third kappa shape index (κ3) is 2.88. The van der Waals surface area contributed by atoms with Gasteiger partial charge in [-0.15, -0.1) is 0 Å². The first kappa shape index (κ1) is 12.2. The maximum atomic E-state index is 11.6. The fourth-order valence-corrected chi connectivity index (χ4v) is 2.73. The van der Waals surface area contributed by atoms with E-state index in [1.54, 1.807) is 0 Å². The van der Waals surface area contributed by atoms with E-state index in [-0.39, 0.29) is 11.8 Å². The SMILES string of the molecule is CC1CC1C(=O)NCc1ccc(Cl)cc1I. The summed E-state index contributed by atoms with van der Waals surface area (Å²) in [7, 11) is 0. The average molecular weight is 350 g/mol. The topological polar surface area (TPSA) is 29.1 Å². The Labute approximate surface area is 114 Å². The molecule has 1 saturated carbocycles. The summed E-state index contributed by atoms with van der Waals surface area (Å²) in [5, 5.41) is 3.70. The predicted octanol–water partition coefficient (Wildman–Crippen LogP) is 3.22. The number of halogens is 2. The second-order valence-corrected chi connectivity index (χ2v) is 5.87. The van der Waals surface area contributed by atoms with Gasteiger partial charge in [0, 0.05) is 21.1 Å². The molecule has 1 aliphatic carbocycles. The zero-order chi connectivity index (χ0) is 11.7. The van der Waals surface area contributed by atoms with Crippen molar-refractivity contribution in [1.82, 2.24) is 5.32 Å². The number of carbonyl (C=O) groups excluding carboxylic acids is 1. The van der Waals surface area contributed by atoms with Gasteiger partial charge in [0.25, 0.3) is 0 Å². The molecule has 2 unspecified atom stereocenters. The Bertz CT molecular complexity index is 421. The van der Waals surface area contributed by atoms with Gasteiger partial charge in [-0.1, -0.05) is 24.6 Å². The van der Waals surface area contributed by atoms with Crippen molar-refractivity contribution in [2.75, 3.05) is 0 Å². The average Bonchev–Trinajstić information content (AvgIpc) is 2.94. The molecule has 0 saturated heterocycles. The lowest BCUT2D eigenvalue weighted by Crippen LogP contribution is -2.25. The maximum absolute atomic E-state index is 11.6. The Hall–Kier alpha value is -0.290. The van der Waals surface area contributed by atoms with Gasteiger partial charge in [0.05, 0.1) is 0 Å². The summed E-state index contributed by atoms with van der Waals surface area (Å²) >= 11 is 8.10. The van der Waals surface area contributed by atoms with E-state index in [1.807, 2.05) is 18.2 Å². The number of amides is 1. The Morgan fingerprint density at radius 1 is 1.62 bits per heavy atom. The lowest BCUT2D eigenvalue weighted by molar-refractivity contribution is -0.122. The number of hydrogen-bond donors (Lipinski definition) is 1. The molecule has 16 heavy (non-hydrogen) atoms. The molecule has 0 aromatic heterocycles. The summed E-state index contributed by atoms with van der Waals surface area (Å²) < 4.78 is 1.09. The molecule has 0 aliphatic heterocycles. The zero-order valence-corrected chi connectivity index (χ0v) is 11.9. The van der Waals surface area contributed by atoms with E-state index in [1.165, 1.54) is 0 Å². The van der Waals surface area contributed by atoms with Gasteiger partial charge in [-0.25, -0.2) is 0 Å². The normalized spacial score (nSPS) is 22.9. The molecule has 2 nitrogen and oxygen atoms in total. The van der Waals surface area contributed by atoms with Crippen LogP contribution < -0.4 is 5.32 Å². The van der Waals surface area contributed by atoms with Crippen molar-refractivity contribution in [2.45, 2.75) is 19.9 Å². The van der Waals surface area contributed by atoms with Crippen LogP contribution in [-0.2, 0) is 11.3 Å². The standard InChI is InChI=1S/C12H13ClINO/c1-7-4-10(7)12(16)15-6-8-2-3-9(13)5-11(8)14/h2-3,5,7,10H,4,6H2,1H3,(H,15,16). The fourth-order valence-electron chi connectivity index (χ4n) is 1.67. The molecule has 1 aromatic carbocycles. The molecule has 1 N–H and O–H groups in total. The summed E-state index contributed by atoms with van der Waals surface area (Å²) in [6.07, 6.45) is 1.03. The first-order valence-electron chi connectivity index (χ1n) is 5.29. The van der Waals surface area contributed by atoms with E-state index >= 15 is 0 Å². The van der Waals surface area contributed by atoms with Crippen molar-refractivity contribution >= 4 is 40.1 Å². The Kier molecular flexibility index (Phi) is 3.74. The minimum atomic E-state index is 0.179. The lowest BCUT2D eigenvalue weighted by atomic mass is 10.2. The van der Waals surface area contributed by atoms with Crippen molar-refractivity contribution in [2.24, 2.45) is 11.8 Å². The quantitative estimate of drug-likeness (QED) is 0.834. The van der Waals surface area contributed by atoms with Crippen LogP contribution >= 0.6 is 34.2 Å². The highest BCUT2D eigenvalue weighted by molar-refractivity contribution is 14.1. The van der Waals surface area contributed by atoms with Gasteiger partial charge in [-0.05, 0) is 52.6 Å². The Balaban J connectivity index is 1.92. The number of carbonyl (C=O) groups is 1. The van der Waals surface area contributed by atoms with Crippen LogP contribution in [0.15, 0.2) is 18.2 Å². The molecule has 0 bridgehead atoms. The molecule has 1 aliphatic rings. The highest BCUT2D eigenvalue weighted by atomic mass is 127. The van der Waals surface area contributed by atoms with Crippen molar-refractivity contribution < 1.29 is 4.79 Å². The van der Waals surface area contributed by atoms with E-state index in [0.29, 0.717) is 12.5 Å². The lowest BCUT2D eigenvalue weighted by Gasteiger charge is -2.07. The van der Waals surface area contributed by atoms with Gasteiger partial charge >= 0.3 is 0 Å². The van der Waals surface area contributed by atoms with Crippen LogP contribution in [0.5, 0.6) is 0 Å². The van der Waals surface area contributed by atoms with Crippen LogP contribution in [0.1, 0.15) is 18.9 Å². The number of nitrogens with one attached hydrogen (secondary N) is 1. The van der Waals surface area contributed by atoms with Crippen LogP contribution in [0.4, 0.5) is 0 Å². The summed E-state index contributed by atoms with van der Waals surface area (Å²) in [4.78, 5) is 11.6. The van der Waals surface area contributed by atoms with Crippen LogP contribution in [0.2, 0.25) is 5.02 Å². The number of rotatable bonds is 3. The molecule has 0 heterocycles. The molecule has 1 amide bonds. The third-order valence-electron chi connectivity index (χ3n) is 2.91. The van der Waals surface area contributed by atoms with Gasteiger partial charge in [0.15, 0.2) is 0 Å². The summed E-state index contributed by atoms with van der Waals surface area (Å²) in [6.45, 7) is 2.70. The molecule has 86 valence electrons. The molecule has 0 radical (unpaired) electrons. The minimum absolute atomic E-state index is 0.179. The van der Waals surface area contributed by atoms with Crippen LogP contribution in [-0.4, -0.2) is 5.91 Å². The summed E-state index contributed by atoms with van der Waals surface area (Å²) in [6, 6.07) is 5.72. The largest absolute Gasteiger partial charge is 0.352 e. The highest BCUT2D eigenvalue weighted by Gasteiger charge is 2.38. The molecule has 2 atom stereocenters. The zero-order valence-electron chi connectivity index (χ0n) is 8.97. The van der Waals surface area contributed by atoms with E-state index in [0.717, 1.165) is 20.6 Å². The van der Waals surface area contributed by atoms with E-state index in [4.69, 9.17) is 11.6 Å². The first-order valence-corrected chi connectivity index (χ1v) is 6.75. The van der Waals surface area contributed by atoms with Gasteiger partial charge in [0.2, 0.25) is 5.91 Å². The molecule has 1 fully saturated rings. The Morgan fingerprint density at radius 2 is 2.31 bits per heavy atom. The van der Waals surface area contributed by atoms with Crippen molar-refractivity contribution in [1.29, 1.82) is 0 Å². The molecular weight excluding hydrogens is 336 g/mol. The van der Waals surface area contributed by atoms with Crippen molar-refractivity contribution in [3.05, 3.63) is 32.4 Å². The maximum Gasteiger partial charge on any atom is 0.223 e. The second-order valence-electron chi connectivity index (χ2n) is 4.27. The molecule has 1 aromatic rings. The summed E-state index contributed by atoms with van der Waals surface area (Å²) in [5.74, 6) is 0.979. The molecule has 2 rings (SSSR count). The number of benzene rings is 1. The third-order valence-corrected chi connectivity index (χ3v) is 4.15. The monoisotopic (exact) mass is 349 g/mol. The van der Waals surface area contributed by atoms with Gasteiger partial charge < -0.3 is 5.32 Å². The van der Waals surface area contributed by atoms with Crippen molar-refractivity contribution in [3.63, 3.8) is 0 Å². The van der Waals surface area contributed by atoms with Crippen LogP contribution in [0, 0.1) is 15.4 Å². The van der Waals surface area contributed by atoms with Gasteiger partial charge in [-0.2, -0.15) is 0 Å². The second kappa shape index (κ2) is 4.92. The van der Waals surface area contributed by atoms with E-state index in [9.17, 15) is 4.79 Å². The first-order chi connectivity index (χ1) is 7.58. The van der Waals surface area contributed by atoms with Crippen LogP contribution in [0.25, 0.3) is 0 Å². The van der Waals surface area contributed by atoms with Gasteiger partial charge in [-0.3, -0.25) is 4.79 Å². The summed E-state index contributed by atoms with van der Waals surface area (Å²) in [5.41, 5.74) is 1.12. The Morgan fingerprint density at radius 3 is 2.88 bits per heavy atom. The number of hydrogen-bond acceptors (Lipinski definition) is 1. The van der Waals surface area contributed by atoms with E-state index in [2.05, 4.69) is 34.8 Å². The fraction of sp³-hybridized carbons (Fsp3) is 0.417. The molecule has 4 heteroatoms. The smallest absolute Gasteiger partial charge is 0.223 e. The molecule has 0 spiro atoms. The minimum Gasteiger partial charge on any atom is -0.352 e. The van der Waals surface area contributed by atoms with Crippen LogP contribution in [0.3, 0.4) is 0 Å². The van der Waals surface area contributed by atoms with E-state index < -0.39 is 0 Å². The predicted molar refractivity (Wildman–Crippen MR) is 73.3 cm³/mol. The van der Waals surface area contributed by atoms with Gasteiger partial charge in [0.1, 0.15) is 0 Å². The van der Waals surface area contributed by atoms with Crippen molar-refractivity contribution in [3.8, 4) is 0 Å². The molecular formula is C12H13ClINO. The highest BCUT2D eigenvalue weighted by Crippen LogP contribution is 2.37.